The van der Waals surface area contributed by atoms with E-state index < -0.39 is 5.82 Å². The van der Waals surface area contributed by atoms with E-state index in [4.69, 9.17) is 14.2 Å². The Labute approximate surface area is 112 Å². The van der Waals surface area contributed by atoms with Gasteiger partial charge in [0.25, 0.3) is 0 Å². The quantitative estimate of drug-likeness (QED) is 0.745. The fourth-order valence-electron chi connectivity index (χ4n) is 1.53. The van der Waals surface area contributed by atoms with E-state index in [-0.39, 0.29) is 30.3 Å². The van der Waals surface area contributed by atoms with E-state index >= 15 is 0 Å². The topological polar surface area (TPSA) is 44.8 Å². The average Bonchev–Trinajstić information content (AvgIpc) is 2.30. The van der Waals surface area contributed by atoms with Crippen LogP contribution in [0.2, 0.25) is 0 Å². The zero-order chi connectivity index (χ0) is 14.4. The molecule has 0 aliphatic carbocycles. The summed E-state index contributed by atoms with van der Waals surface area (Å²) in [5.74, 6) is -0.226. The Bertz CT molecular complexity index is 431. The van der Waals surface area contributed by atoms with Gasteiger partial charge in [0.05, 0.1) is 19.6 Å². The summed E-state index contributed by atoms with van der Waals surface area (Å²) >= 11 is 0. The lowest BCUT2D eigenvalue weighted by molar-refractivity contribution is -0.149. The highest BCUT2D eigenvalue weighted by Gasteiger charge is 2.14. The minimum atomic E-state index is -0.457. The first-order valence-corrected chi connectivity index (χ1v) is 6.12. The molecule has 0 spiro atoms. The third-order valence-corrected chi connectivity index (χ3v) is 2.28. The SMILES string of the molecule is COc1cc(OC(C)CC(=O)OC(C)C)ccc1F. The maximum Gasteiger partial charge on any atom is 0.309 e. The van der Waals surface area contributed by atoms with Crippen molar-refractivity contribution in [3.63, 3.8) is 0 Å². The third-order valence-electron chi connectivity index (χ3n) is 2.28. The predicted octanol–water partition coefficient (Wildman–Crippen LogP) is 2.94. The number of ether oxygens (including phenoxy) is 3. The molecule has 1 aromatic rings. The molecule has 1 atom stereocenters. The van der Waals surface area contributed by atoms with Crippen molar-refractivity contribution in [2.24, 2.45) is 0 Å². The number of rotatable bonds is 6. The normalized spacial score (nSPS) is 12.1. The van der Waals surface area contributed by atoms with Crippen LogP contribution < -0.4 is 9.47 Å². The first kappa shape index (κ1) is 15.3. The Morgan fingerprint density at radius 1 is 1.32 bits per heavy atom. The van der Waals surface area contributed by atoms with Crippen molar-refractivity contribution in [3.8, 4) is 11.5 Å². The molecular weight excluding hydrogens is 251 g/mol. The number of benzene rings is 1. The van der Waals surface area contributed by atoms with E-state index in [9.17, 15) is 9.18 Å². The van der Waals surface area contributed by atoms with Gasteiger partial charge in [-0.15, -0.1) is 0 Å². The number of methoxy groups -OCH3 is 1. The molecule has 0 amide bonds. The molecule has 0 heterocycles. The van der Waals surface area contributed by atoms with E-state index in [1.54, 1.807) is 20.8 Å². The van der Waals surface area contributed by atoms with Gasteiger partial charge in [0.15, 0.2) is 11.6 Å². The van der Waals surface area contributed by atoms with Crippen molar-refractivity contribution in [1.82, 2.24) is 0 Å². The molecule has 5 heteroatoms. The summed E-state index contributed by atoms with van der Waals surface area (Å²) in [5.41, 5.74) is 0. The Hall–Kier alpha value is -1.78. The zero-order valence-corrected chi connectivity index (χ0v) is 11.6. The van der Waals surface area contributed by atoms with Crippen LogP contribution >= 0.6 is 0 Å². The Balaban J connectivity index is 2.57. The molecule has 0 aromatic heterocycles. The summed E-state index contributed by atoms with van der Waals surface area (Å²) in [6.45, 7) is 5.32. The summed E-state index contributed by atoms with van der Waals surface area (Å²) in [4.78, 5) is 11.4. The lowest BCUT2D eigenvalue weighted by Gasteiger charge is -2.16. The molecule has 0 radical (unpaired) electrons. The van der Waals surface area contributed by atoms with Gasteiger partial charge in [-0.1, -0.05) is 0 Å². The summed E-state index contributed by atoms with van der Waals surface area (Å²) < 4.78 is 28.6. The number of carbonyl (C=O) groups is 1. The average molecular weight is 270 g/mol. The first-order chi connectivity index (χ1) is 8.92. The van der Waals surface area contributed by atoms with E-state index in [1.165, 1.54) is 25.3 Å². The van der Waals surface area contributed by atoms with Crippen molar-refractivity contribution in [3.05, 3.63) is 24.0 Å². The van der Waals surface area contributed by atoms with Crippen LogP contribution in [0.1, 0.15) is 27.2 Å². The molecule has 1 unspecified atom stereocenters. The molecule has 0 saturated carbocycles. The molecule has 106 valence electrons. The van der Waals surface area contributed by atoms with E-state index in [1.807, 2.05) is 0 Å². The number of halogens is 1. The lowest BCUT2D eigenvalue weighted by atomic mass is 10.2. The van der Waals surface area contributed by atoms with E-state index in [0.29, 0.717) is 5.75 Å². The van der Waals surface area contributed by atoms with Gasteiger partial charge < -0.3 is 14.2 Å². The van der Waals surface area contributed by atoms with Crippen molar-refractivity contribution < 1.29 is 23.4 Å². The molecule has 1 aromatic carbocycles. The predicted molar refractivity (Wildman–Crippen MR) is 68.9 cm³/mol. The summed E-state index contributed by atoms with van der Waals surface area (Å²) in [7, 11) is 1.38. The van der Waals surface area contributed by atoms with Gasteiger partial charge in [-0.05, 0) is 32.9 Å². The lowest BCUT2D eigenvalue weighted by Crippen LogP contribution is -2.21. The highest BCUT2D eigenvalue weighted by molar-refractivity contribution is 5.70. The van der Waals surface area contributed by atoms with Gasteiger partial charge in [0, 0.05) is 6.07 Å². The van der Waals surface area contributed by atoms with Gasteiger partial charge in [-0.25, -0.2) is 4.39 Å². The van der Waals surface area contributed by atoms with Crippen LogP contribution in [0, 0.1) is 5.82 Å². The smallest absolute Gasteiger partial charge is 0.309 e. The van der Waals surface area contributed by atoms with Crippen LogP contribution in [0.25, 0.3) is 0 Å². The maximum atomic E-state index is 13.2. The van der Waals surface area contributed by atoms with E-state index in [2.05, 4.69) is 0 Å². The number of hydrogen-bond donors (Lipinski definition) is 0. The van der Waals surface area contributed by atoms with Crippen LogP contribution in [-0.4, -0.2) is 25.3 Å². The Kier molecular flexibility index (Phi) is 5.60. The van der Waals surface area contributed by atoms with Gasteiger partial charge in [-0.2, -0.15) is 0 Å². The van der Waals surface area contributed by atoms with E-state index in [0.717, 1.165) is 0 Å². The van der Waals surface area contributed by atoms with Crippen molar-refractivity contribution in [1.29, 1.82) is 0 Å². The summed E-state index contributed by atoms with van der Waals surface area (Å²) in [6.07, 6.45) is -0.371. The standard InChI is InChI=1S/C14H19FO4/c1-9(2)18-14(16)7-10(3)19-11-5-6-12(15)13(8-11)17-4/h5-6,8-10H,7H2,1-4H3. The molecule has 4 nitrogen and oxygen atoms in total. The van der Waals surface area contributed by atoms with Crippen LogP contribution in [0.3, 0.4) is 0 Å². The molecule has 0 bridgehead atoms. The Morgan fingerprint density at radius 2 is 2.00 bits per heavy atom. The molecule has 0 aliphatic heterocycles. The molecule has 0 saturated heterocycles. The number of esters is 1. The van der Waals surface area contributed by atoms with Gasteiger partial charge >= 0.3 is 5.97 Å². The van der Waals surface area contributed by atoms with Crippen molar-refractivity contribution in [2.45, 2.75) is 39.4 Å². The summed E-state index contributed by atoms with van der Waals surface area (Å²) in [6, 6.07) is 4.19. The Morgan fingerprint density at radius 3 is 2.58 bits per heavy atom. The second kappa shape index (κ2) is 6.97. The van der Waals surface area contributed by atoms with Crippen molar-refractivity contribution in [2.75, 3.05) is 7.11 Å². The van der Waals surface area contributed by atoms with Gasteiger partial charge in [0.1, 0.15) is 11.9 Å². The number of carbonyl (C=O) groups excluding carboxylic acids is 1. The fraction of sp³-hybridized carbons (Fsp3) is 0.500. The van der Waals surface area contributed by atoms with Crippen LogP contribution in [0.4, 0.5) is 4.39 Å². The van der Waals surface area contributed by atoms with Crippen LogP contribution in [0.15, 0.2) is 18.2 Å². The van der Waals surface area contributed by atoms with Crippen LogP contribution in [-0.2, 0) is 9.53 Å². The fourth-order valence-corrected chi connectivity index (χ4v) is 1.53. The largest absolute Gasteiger partial charge is 0.494 e. The van der Waals surface area contributed by atoms with Crippen LogP contribution in [0.5, 0.6) is 11.5 Å². The van der Waals surface area contributed by atoms with Gasteiger partial charge in [-0.3, -0.25) is 4.79 Å². The van der Waals surface area contributed by atoms with Crippen molar-refractivity contribution >= 4 is 5.97 Å². The zero-order valence-electron chi connectivity index (χ0n) is 11.6. The minimum Gasteiger partial charge on any atom is -0.494 e. The first-order valence-electron chi connectivity index (χ1n) is 6.12. The third kappa shape index (κ3) is 5.16. The highest BCUT2D eigenvalue weighted by Crippen LogP contribution is 2.24. The second-order valence-corrected chi connectivity index (χ2v) is 4.47. The number of hydrogen-bond acceptors (Lipinski definition) is 4. The molecule has 0 fully saturated rings. The molecule has 1 rings (SSSR count). The highest BCUT2D eigenvalue weighted by atomic mass is 19.1. The molecule has 0 aliphatic rings. The summed E-state index contributed by atoms with van der Waals surface area (Å²) in [5, 5.41) is 0. The monoisotopic (exact) mass is 270 g/mol. The molecular formula is C14H19FO4. The van der Waals surface area contributed by atoms with Gasteiger partial charge in [0.2, 0.25) is 0 Å². The minimum absolute atomic E-state index is 0.106. The maximum absolute atomic E-state index is 13.2. The molecule has 0 N–H and O–H groups in total. The second-order valence-electron chi connectivity index (χ2n) is 4.47. The molecule has 19 heavy (non-hydrogen) atoms.